The molecule has 1 saturated heterocycles. The van der Waals surface area contributed by atoms with Gasteiger partial charge in [-0.3, -0.25) is 19.3 Å². The maximum Gasteiger partial charge on any atom is 0.303 e. The number of carbonyl (C=O) groups is 3. The van der Waals surface area contributed by atoms with Crippen LogP contribution < -0.4 is 10.6 Å². The number of anilines is 1. The fourth-order valence-electron chi connectivity index (χ4n) is 7.52. The van der Waals surface area contributed by atoms with Crippen molar-refractivity contribution in [2.45, 2.75) is 88.6 Å². The van der Waals surface area contributed by atoms with Crippen molar-refractivity contribution in [2.24, 2.45) is 5.92 Å². The zero-order valence-corrected chi connectivity index (χ0v) is 24.3. The molecule has 0 bridgehead atoms. The van der Waals surface area contributed by atoms with Gasteiger partial charge >= 0.3 is 5.97 Å². The number of allylic oxidation sites excluding steroid dienone is 4. The monoisotopic (exact) mass is 575 g/mol. The molecule has 0 radical (unpaired) electrons. The largest absolute Gasteiger partial charge is 0.481 e. The van der Waals surface area contributed by atoms with Crippen LogP contribution in [0, 0.1) is 5.92 Å². The molecule has 2 fully saturated rings. The van der Waals surface area contributed by atoms with Gasteiger partial charge in [-0.25, -0.2) is 0 Å². The van der Waals surface area contributed by atoms with Gasteiger partial charge in [-0.1, -0.05) is 67.6 Å². The first-order valence-corrected chi connectivity index (χ1v) is 14.8. The minimum absolute atomic E-state index is 0.0562. The number of aliphatic carboxylic acids is 1. The summed E-state index contributed by atoms with van der Waals surface area (Å²) in [6.07, 6.45) is 12.2. The maximum atomic E-state index is 14.4. The van der Waals surface area contributed by atoms with Crippen LogP contribution in [-0.2, 0) is 19.8 Å². The summed E-state index contributed by atoms with van der Waals surface area (Å²) in [5.74, 6) is -1.32. The highest BCUT2D eigenvalue weighted by atomic mass is 35.5. The predicted octanol–water partition coefficient (Wildman–Crippen LogP) is 6.01. The summed E-state index contributed by atoms with van der Waals surface area (Å²) in [6, 6.07) is 5.12. The van der Waals surface area contributed by atoms with Crippen LogP contribution in [0.15, 0.2) is 41.5 Å². The molecule has 39 heavy (non-hydrogen) atoms. The number of carbonyl (C=O) groups excluding carboxylic acids is 2. The number of likely N-dealkylation sites (N-methyl/N-ethyl adjacent to an activating group) is 1. The molecule has 0 unspecified atom stereocenters. The summed E-state index contributed by atoms with van der Waals surface area (Å²) in [5.41, 5.74) is 0.231. The molecule has 2 heterocycles. The van der Waals surface area contributed by atoms with Gasteiger partial charge in [-0.05, 0) is 69.3 Å². The van der Waals surface area contributed by atoms with Crippen LogP contribution in [0.1, 0.15) is 77.2 Å². The van der Waals surface area contributed by atoms with Gasteiger partial charge in [0, 0.05) is 40.2 Å². The molecule has 0 aromatic heterocycles. The van der Waals surface area contributed by atoms with Crippen molar-refractivity contribution < 1.29 is 19.5 Å². The number of amides is 2. The zero-order valence-electron chi connectivity index (χ0n) is 22.8. The number of hydrogen-bond acceptors (Lipinski definition) is 4. The molecule has 3 aliphatic rings. The molecule has 2 aliphatic heterocycles. The Kier molecular flexibility index (Phi) is 9.45. The van der Waals surface area contributed by atoms with Gasteiger partial charge < -0.3 is 15.7 Å². The van der Waals surface area contributed by atoms with E-state index in [1.165, 1.54) is 0 Å². The molecule has 2 amide bonds. The van der Waals surface area contributed by atoms with Gasteiger partial charge in [0.25, 0.3) is 0 Å². The highest BCUT2D eigenvalue weighted by molar-refractivity contribution is 6.31. The van der Waals surface area contributed by atoms with E-state index >= 15 is 0 Å². The number of nitrogens with zero attached hydrogens (tertiary/aromatic N) is 1. The lowest BCUT2D eigenvalue weighted by atomic mass is 9.56. The van der Waals surface area contributed by atoms with E-state index in [-0.39, 0.29) is 24.2 Å². The lowest BCUT2D eigenvalue weighted by Crippen LogP contribution is -2.61. The lowest BCUT2D eigenvalue weighted by Gasteiger charge is -2.50. The second-order valence-electron chi connectivity index (χ2n) is 10.9. The Morgan fingerprint density at radius 2 is 1.97 bits per heavy atom. The molecular formula is C30H39Cl2N3O4. The molecule has 1 saturated carbocycles. The smallest absolute Gasteiger partial charge is 0.303 e. The number of nitrogens with one attached hydrogen (secondary N) is 2. The number of carboxylic acid groups (broad SMARTS) is 1. The molecule has 9 heteroatoms. The molecule has 212 valence electrons. The number of hydrogen-bond donors (Lipinski definition) is 3. The second-order valence-corrected chi connectivity index (χ2v) is 12.0. The molecular weight excluding hydrogens is 537 g/mol. The van der Waals surface area contributed by atoms with Crippen LogP contribution in [0.3, 0.4) is 0 Å². The van der Waals surface area contributed by atoms with Gasteiger partial charge in [0.15, 0.2) is 0 Å². The Labute approximate surface area is 241 Å². The zero-order chi connectivity index (χ0) is 28.2. The first kappa shape index (κ1) is 29.6. The van der Waals surface area contributed by atoms with Crippen molar-refractivity contribution in [3.05, 3.63) is 52.0 Å². The fraction of sp³-hybridized carbons (Fsp3) is 0.567. The average Bonchev–Trinajstić information content (AvgIpc) is 3.31. The Morgan fingerprint density at radius 3 is 2.64 bits per heavy atom. The van der Waals surface area contributed by atoms with Gasteiger partial charge in [0.1, 0.15) is 0 Å². The number of carboxylic acids is 1. The molecule has 2 spiro atoms. The van der Waals surface area contributed by atoms with E-state index in [2.05, 4.69) is 22.5 Å². The van der Waals surface area contributed by atoms with Crippen molar-refractivity contribution in [2.75, 3.05) is 18.4 Å². The van der Waals surface area contributed by atoms with E-state index in [0.29, 0.717) is 42.4 Å². The molecule has 4 rings (SSSR count). The van der Waals surface area contributed by atoms with E-state index in [9.17, 15) is 14.4 Å². The Hall–Kier alpha value is -2.35. The van der Waals surface area contributed by atoms with E-state index in [1.807, 2.05) is 43.4 Å². The summed E-state index contributed by atoms with van der Waals surface area (Å²) < 4.78 is 0. The molecule has 7 nitrogen and oxygen atoms in total. The van der Waals surface area contributed by atoms with Gasteiger partial charge in [0.05, 0.1) is 11.5 Å². The standard InChI is InChI=1S/C30H39Cl2N3O4/c1-3-35-26(27(38)33-18-10-7-13-25(36)37)23(12-6-5-11-20(2)31)30(29(35)16-8-4-9-17-29)22-15-14-21(32)19-24(22)34-28(30)39/h5-6,11,14-15,19,23,26H,3-4,7-10,12-13,16-18H2,1-2H3,(H,33,38)(H,34,39)(H,36,37)/b6-5-,20-11+/t23-,26+,30+/m0/s1. The van der Waals surface area contributed by atoms with Crippen molar-refractivity contribution >= 4 is 46.7 Å². The Morgan fingerprint density at radius 1 is 1.23 bits per heavy atom. The third-order valence-electron chi connectivity index (χ3n) is 8.83. The highest BCUT2D eigenvalue weighted by Crippen LogP contribution is 2.64. The number of halogens is 2. The SMILES string of the molecule is CCN1[C@@H](C(=O)NCCCCC(=O)O)[C@H](C/C=C\C=C(/C)Cl)[C@]2(C(=O)Nc3cc(Cl)ccc32)C12CCCCC2. The number of likely N-dealkylation sites (tertiary alicyclic amines) is 1. The van der Waals surface area contributed by atoms with Gasteiger partial charge in [0.2, 0.25) is 11.8 Å². The Bertz CT molecular complexity index is 1160. The van der Waals surface area contributed by atoms with Gasteiger partial charge in [-0.15, -0.1) is 0 Å². The minimum Gasteiger partial charge on any atom is -0.481 e. The fourth-order valence-corrected chi connectivity index (χ4v) is 7.76. The normalized spacial score (nSPS) is 26.4. The Balaban J connectivity index is 1.81. The number of rotatable bonds is 10. The molecule has 3 N–H and O–H groups in total. The number of benzene rings is 1. The predicted molar refractivity (Wildman–Crippen MR) is 155 cm³/mol. The molecule has 1 aromatic rings. The number of unbranched alkanes of at least 4 members (excludes halogenated alkanes) is 1. The van der Waals surface area contributed by atoms with Crippen LogP contribution in [0.4, 0.5) is 5.69 Å². The molecule has 1 aliphatic carbocycles. The average molecular weight is 577 g/mol. The first-order chi connectivity index (χ1) is 18.7. The molecule has 3 atom stereocenters. The number of fused-ring (bicyclic) bond motifs is 3. The van der Waals surface area contributed by atoms with Crippen LogP contribution in [-0.4, -0.2) is 52.5 Å². The van der Waals surface area contributed by atoms with Crippen molar-refractivity contribution in [3.63, 3.8) is 0 Å². The summed E-state index contributed by atoms with van der Waals surface area (Å²) >= 11 is 12.4. The van der Waals surface area contributed by atoms with E-state index < -0.39 is 23.0 Å². The minimum atomic E-state index is -0.918. The third-order valence-corrected chi connectivity index (χ3v) is 9.19. The maximum absolute atomic E-state index is 14.4. The highest BCUT2D eigenvalue weighted by Gasteiger charge is 2.74. The van der Waals surface area contributed by atoms with Crippen molar-refractivity contribution in [1.82, 2.24) is 10.2 Å². The van der Waals surface area contributed by atoms with Crippen LogP contribution in [0.2, 0.25) is 5.02 Å². The van der Waals surface area contributed by atoms with Crippen molar-refractivity contribution in [3.8, 4) is 0 Å². The van der Waals surface area contributed by atoms with E-state index in [4.69, 9.17) is 28.3 Å². The third kappa shape index (κ3) is 5.38. The van der Waals surface area contributed by atoms with Crippen LogP contribution in [0.25, 0.3) is 0 Å². The quantitative estimate of drug-likeness (QED) is 0.234. The van der Waals surface area contributed by atoms with E-state index in [1.54, 1.807) is 0 Å². The second kappa shape index (κ2) is 12.4. The lowest BCUT2D eigenvalue weighted by molar-refractivity contribution is -0.137. The summed E-state index contributed by atoms with van der Waals surface area (Å²) in [4.78, 5) is 41.6. The van der Waals surface area contributed by atoms with Gasteiger partial charge in [-0.2, -0.15) is 0 Å². The summed E-state index contributed by atoms with van der Waals surface area (Å²) in [5, 5.41) is 16.4. The van der Waals surface area contributed by atoms with Crippen molar-refractivity contribution in [1.29, 1.82) is 0 Å². The summed E-state index contributed by atoms with van der Waals surface area (Å²) in [7, 11) is 0. The van der Waals surface area contributed by atoms with E-state index in [0.717, 1.165) is 43.4 Å². The summed E-state index contributed by atoms with van der Waals surface area (Å²) in [6.45, 7) is 4.92. The van der Waals surface area contributed by atoms with Crippen LogP contribution in [0.5, 0.6) is 0 Å². The first-order valence-electron chi connectivity index (χ1n) is 14.1. The topological polar surface area (TPSA) is 98.7 Å². The molecule has 1 aromatic carbocycles. The van der Waals surface area contributed by atoms with Crippen LogP contribution >= 0.6 is 23.2 Å².